The van der Waals surface area contributed by atoms with Crippen LogP contribution in [0.25, 0.3) is 0 Å². The molecule has 0 heterocycles. The molecule has 14 heavy (non-hydrogen) atoms. The lowest BCUT2D eigenvalue weighted by Gasteiger charge is -2.13. The molecule has 78 valence electrons. The first-order valence-electron chi connectivity index (χ1n) is 4.01. The number of rotatable bonds is 4. The van der Waals surface area contributed by atoms with Crippen LogP contribution in [0.5, 0.6) is 0 Å². The van der Waals surface area contributed by atoms with E-state index in [4.69, 9.17) is 0 Å². The molecule has 1 rings (SSSR count). The van der Waals surface area contributed by atoms with Gasteiger partial charge in [-0.3, -0.25) is 0 Å². The van der Waals surface area contributed by atoms with Gasteiger partial charge >= 0.3 is 6.98 Å². The van der Waals surface area contributed by atoms with Gasteiger partial charge in [-0.1, -0.05) is 18.2 Å². The smallest absolute Gasteiger partial charge is 0.447 e. The van der Waals surface area contributed by atoms with E-state index >= 15 is 0 Å². The molecular formula is C8H8BF4O-. The highest BCUT2D eigenvalue weighted by atomic mass is 19.4. The molecule has 0 aromatic heterocycles. The molecule has 0 spiro atoms. The maximum Gasteiger partial charge on any atom is 0.503 e. The molecule has 0 bridgehead atoms. The first-order chi connectivity index (χ1) is 6.49. The Labute approximate surface area is 78.7 Å². The van der Waals surface area contributed by atoms with E-state index in [0.717, 1.165) is 0 Å². The molecular weight excluding hydrogens is 199 g/mol. The van der Waals surface area contributed by atoms with Crippen molar-refractivity contribution in [3.63, 3.8) is 0 Å². The molecule has 0 amide bonds. The topological polar surface area (TPSA) is 9.23 Å². The van der Waals surface area contributed by atoms with Crippen molar-refractivity contribution < 1.29 is 22.1 Å². The van der Waals surface area contributed by atoms with E-state index in [2.05, 4.69) is 4.74 Å². The first kappa shape index (κ1) is 11.0. The van der Waals surface area contributed by atoms with Gasteiger partial charge in [0.2, 0.25) is 0 Å². The predicted octanol–water partition coefficient (Wildman–Crippen LogP) is 2.73. The van der Waals surface area contributed by atoms with Gasteiger partial charge in [0.25, 0.3) is 0 Å². The Morgan fingerprint density at radius 3 is 2.36 bits per heavy atom. The molecule has 0 atom stereocenters. The lowest BCUT2D eigenvalue weighted by Crippen LogP contribution is -2.23. The molecule has 0 fully saturated rings. The van der Waals surface area contributed by atoms with Crippen LogP contribution < -0.4 is 0 Å². The van der Waals surface area contributed by atoms with Crippen LogP contribution in [-0.4, -0.2) is 13.5 Å². The fourth-order valence-corrected chi connectivity index (χ4v) is 0.918. The molecule has 0 unspecified atom stereocenters. The van der Waals surface area contributed by atoms with Gasteiger partial charge in [-0.25, -0.2) is 4.39 Å². The van der Waals surface area contributed by atoms with Crippen molar-refractivity contribution >= 4 is 6.98 Å². The Morgan fingerprint density at radius 2 is 1.79 bits per heavy atom. The number of hydrogen-bond donors (Lipinski definition) is 0. The lowest BCUT2D eigenvalue weighted by molar-refractivity contribution is 0.135. The van der Waals surface area contributed by atoms with Crippen LogP contribution >= 0.6 is 0 Å². The first-order valence-corrected chi connectivity index (χ1v) is 4.01. The fraction of sp³-hybridized carbons (Fsp3) is 0.250. The third kappa shape index (κ3) is 3.78. The third-order valence-corrected chi connectivity index (χ3v) is 1.52. The van der Waals surface area contributed by atoms with Gasteiger partial charge in [0, 0.05) is 12.1 Å². The maximum atomic E-state index is 12.9. The van der Waals surface area contributed by atoms with Gasteiger partial charge in [0.15, 0.2) is 0 Å². The molecule has 0 saturated carbocycles. The second kappa shape index (κ2) is 4.46. The number of ether oxygens (including phenoxy) is 1. The molecule has 1 aromatic rings. The maximum absolute atomic E-state index is 12.9. The molecule has 1 nitrogen and oxygen atoms in total. The summed E-state index contributed by atoms with van der Waals surface area (Å²) in [4.78, 5) is 0. The minimum atomic E-state index is -4.96. The van der Waals surface area contributed by atoms with Crippen molar-refractivity contribution in [1.29, 1.82) is 0 Å². The third-order valence-electron chi connectivity index (χ3n) is 1.52. The van der Waals surface area contributed by atoms with Gasteiger partial charge in [-0.05, 0) is 6.07 Å². The Hall–Kier alpha value is -1.04. The summed E-state index contributed by atoms with van der Waals surface area (Å²) in [6.45, 7) is -6.61. The van der Waals surface area contributed by atoms with Gasteiger partial charge in [-0.2, -0.15) is 0 Å². The number of halogens is 4. The predicted molar refractivity (Wildman–Crippen MR) is 45.1 cm³/mol. The Kier molecular flexibility index (Phi) is 3.52. The summed E-state index contributed by atoms with van der Waals surface area (Å²) in [5.74, 6) is -0.554. The summed E-state index contributed by atoms with van der Waals surface area (Å²) >= 11 is 0. The van der Waals surface area contributed by atoms with Crippen LogP contribution in [0.1, 0.15) is 5.56 Å². The van der Waals surface area contributed by atoms with Crippen molar-refractivity contribution in [2.45, 2.75) is 6.61 Å². The van der Waals surface area contributed by atoms with Crippen molar-refractivity contribution in [2.24, 2.45) is 0 Å². The van der Waals surface area contributed by atoms with Gasteiger partial charge in [0.1, 0.15) is 5.82 Å². The highest BCUT2D eigenvalue weighted by molar-refractivity contribution is 6.58. The van der Waals surface area contributed by atoms with E-state index in [0.29, 0.717) is 0 Å². The molecule has 1 aromatic carbocycles. The fourth-order valence-electron chi connectivity index (χ4n) is 0.918. The van der Waals surface area contributed by atoms with Crippen LogP contribution in [0.15, 0.2) is 24.3 Å². The van der Waals surface area contributed by atoms with Crippen LogP contribution in [-0.2, 0) is 11.3 Å². The Morgan fingerprint density at radius 1 is 1.14 bits per heavy atom. The zero-order valence-electron chi connectivity index (χ0n) is 7.22. The molecule has 6 heteroatoms. The van der Waals surface area contributed by atoms with E-state index in [1.54, 1.807) is 6.07 Å². The zero-order valence-corrected chi connectivity index (χ0v) is 7.22. The monoisotopic (exact) mass is 207 g/mol. The lowest BCUT2D eigenvalue weighted by atomic mass is 9.95. The molecule has 0 radical (unpaired) electrons. The van der Waals surface area contributed by atoms with Crippen molar-refractivity contribution in [3.05, 3.63) is 35.6 Å². The van der Waals surface area contributed by atoms with E-state index in [9.17, 15) is 17.3 Å². The van der Waals surface area contributed by atoms with E-state index < -0.39 is 19.3 Å². The summed E-state index contributed by atoms with van der Waals surface area (Å²) in [6.07, 6.45) is 0. The average molecular weight is 207 g/mol. The highest BCUT2D eigenvalue weighted by Gasteiger charge is 2.23. The standard InChI is InChI=1S/C8H8BF4O/c10-8-4-2-1-3-7(8)5-14-6-9(11,12)13/h1-4H,5-6H2/q-1. The largest absolute Gasteiger partial charge is 0.503 e. The van der Waals surface area contributed by atoms with Crippen molar-refractivity contribution in [1.82, 2.24) is 0 Å². The van der Waals surface area contributed by atoms with Crippen molar-refractivity contribution in [3.8, 4) is 0 Å². The zero-order chi connectivity index (χ0) is 10.6. The minimum absolute atomic E-state index is 0.132. The van der Waals surface area contributed by atoms with Crippen LogP contribution in [0.2, 0.25) is 0 Å². The summed E-state index contributed by atoms with van der Waals surface area (Å²) in [6, 6.07) is 5.57. The van der Waals surface area contributed by atoms with Gasteiger partial charge in [0.05, 0.1) is 6.61 Å². The second-order valence-corrected chi connectivity index (χ2v) is 2.82. The van der Waals surface area contributed by atoms with Crippen LogP contribution in [0.4, 0.5) is 17.3 Å². The van der Waals surface area contributed by atoms with E-state index in [1.165, 1.54) is 18.2 Å². The van der Waals surface area contributed by atoms with Crippen LogP contribution in [0.3, 0.4) is 0 Å². The van der Waals surface area contributed by atoms with Crippen molar-refractivity contribution in [2.75, 3.05) is 6.51 Å². The quantitative estimate of drug-likeness (QED) is 0.544. The normalized spacial score (nSPS) is 11.7. The van der Waals surface area contributed by atoms with Gasteiger partial charge in [-0.15, -0.1) is 0 Å². The Bertz CT molecular complexity index is 300. The molecule has 0 aliphatic carbocycles. The minimum Gasteiger partial charge on any atom is -0.447 e. The molecule has 0 aliphatic rings. The summed E-state index contributed by atoms with van der Waals surface area (Å²) in [5, 5.41) is 0. The summed E-state index contributed by atoms with van der Waals surface area (Å²) in [5.41, 5.74) is 0.132. The molecule has 0 saturated heterocycles. The second-order valence-electron chi connectivity index (χ2n) is 2.82. The SMILES string of the molecule is Fc1ccccc1COC[B-](F)(F)F. The van der Waals surface area contributed by atoms with E-state index in [-0.39, 0.29) is 12.2 Å². The summed E-state index contributed by atoms with van der Waals surface area (Å²) in [7, 11) is 0. The summed E-state index contributed by atoms with van der Waals surface area (Å²) < 4.78 is 52.3. The van der Waals surface area contributed by atoms with Gasteiger partial charge < -0.3 is 17.7 Å². The van der Waals surface area contributed by atoms with E-state index in [1.807, 2.05) is 0 Å². The molecule has 0 N–H and O–H groups in total. The Balaban J connectivity index is 2.43. The average Bonchev–Trinajstić information content (AvgIpc) is 2.06. The molecule has 0 aliphatic heterocycles. The number of benzene rings is 1. The highest BCUT2D eigenvalue weighted by Crippen LogP contribution is 2.12. The number of hydrogen-bond acceptors (Lipinski definition) is 1. The van der Waals surface area contributed by atoms with Crippen LogP contribution in [0, 0.1) is 5.82 Å².